The molecule has 10 heteroatoms. The fraction of sp³-hybridized carbons (Fsp3) is 0.0588. The van der Waals surface area contributed by atoms with Crippen LogP contribution in [-0.2, 0) is 4.79 Å². The molecule has 0 unspecified atom stereocenters. The van der Waals surface area contributed by atoms with Gasteiger partial charge in [-0.3, -0.25) is 19.8 Å². The molecule has 1 aliphatic heterocycles. The largest absolute Gasteiger partial charge is 0.504 e. The average molecular weight is 514 g/mol. The first-order chi connectivity index (χ1) is 12.8. The highest BCUT2D eigenvalue weighted by molar-refractivity contribution is 14.1. The molecule has 1 aliphatic rings. The van der Waals surface area contributed by atoms with Gasteiger partial charge in [-0.05, 0) is 52.4 Å². The predicted octanol–water partition coefficient (Wildman–Crippen LogP) is 4.32. The topological polar surface area (TPSA) is 92.9 Å². The van der Waals surface area contributed by atoms with Gasteiger partial charge >= 0.3 is 0 Å². The maximum Gasteiger partial charge on any atom is 0.271 e. The van der Waals surface area contributed by atoms with Gasteiger partial charge < -0.3 is 9.84 Å². The molecule has 1 fully saturated rings. The molecule has 0 aromatic heterocycles. The van der Waals surface area contributed by atoms with Crippen LogP contribution in [0.5, 0.6) is 11.5 Å². The van der Waals surface area contributed by atoms with Crippen LogP contribution in [0.4, 0.5) is 11.4 Å². The predicted molar refractivity (Wildman–Crippen MR) is 116 cm³/mol. The number of hydrogen-bond donors (Lipinski definition) is 1. The van der Waals surface area contributed by atoms with Gasteiger partial charge in [0.05, 0.1) is 26.2 Å². The van der Waals surface area contributed by atoms with Gasteiger partial charge in [0.1, 0.15) is 0 Å². The number of aromatic hydroxyl groups is 1. The summed E-state index contributed by atoms with van der Waals surface area (Å²) in [5, 5.41) is 20.9. The van der Waals surface area contributed by atoms with Gasteiger partial charge in [0.25, 0.3) is 11.6 Å². The first-order valence-corrected chi connectivity index (χ1v) is 9.71. The van der Waals surface area contributed by atoms with Gasteiger partial charge in [-0.25, -0.2) is 0 Å². The van der Waals surface area contributed by atoms with E-state index in [4.69, 9.17) is 17.0 Å². The van der Waals surface area contributed by atoms with E-state index in [0.29, 0.717) is 25.5 Å². The van der Waals surface area contributed by atoms with Crippen molar-refractivity contribution in [3.63, 3.8) is 0 Å². The zero-order chi connectivity index (χ0) is 19.7. The maximum atomic E-state index is 12.8. The number of amides is 1. The third-order valence-corrected chi connectivity index (χ3v) is 5.79. The minimum atomic E-state index is -0.526. The molecule has 2 aromatic rings. The Bertz CT molecular complexity index is 1010. The van der Waals surface area contributed by atoms with Gasteiger partial charge in [-0.1, -0.05) is 30.0 Å². The number of carbonyl (C=O) groups excluding carboxylic acids is 1. The Labute approximate surface area is 177 Å². The lowest BCUT2D eigenvalue weighted by molar-refractivity contribution is -0.384. The maximum absolute atomic E-state index is 12.8. The number of nitrogens with zero attached hydrogens (tertiary/aromatic N) is 2. The molecule has 0 bridgehead atoms. The van der Waals surface area contributed by atoms with E-state index in [1.165, 1.54) is 30.2 Å². The van der Waals surface area contributed by atoms with Crippen LogP contribution < -0.4 is 9.64 Å². The van der Waals surface area contributed by atoms with Crippen LogP contribution in [0.3, 0.4) is 0 Å². The zero-order valence-electron chi connectivity index (χ0n) is 13.7. The van der Waals surface area contributed by atoms with Crippen molar-refractivity contribution in [3.05, 3.63) is 60.6 Å². The standard InChI is InChI=1S/C17H11IN2O5S2/c1-25-13-6-9(5-12(18)15(13)21)7-14-16(22)19(17(26)27-14)10-3-2-4-11(8-10)20(23)24/h2-8,21H,1H3/b14-7-. The van der Waals surface area contributed by atoms with Gasteiger partial charge in [-0.2, -0.15) is 0 Å². The molecule has 1 amide bonds. The molecular weight excluding hydrogens is 503 g/mol. The molecule has 7 nitrogen and oxygen atoms in total. The highest BCUT2D eigenvalue weighted by Gasteiger charge is 2.34. The Hall–Kier alpha value is -2.18. The number of phenolic OH excluding ortho intramolecular Hbond substituents is 1. The lowest BCUT2D eigenvalue weighted by atomic mass is 10.2. The number of anilines is 1. The third-order valence-electron chi connectivity index (χ3n) is 3.66. The lowest BCUT2D eigenvalue weighted by Crippen LogP contribution is -2.27. The number of rotatable bonds is 4. The van der Waals surface area contributed by atoms with Crippen LogP contribution in [0.25, 0.3) is 6.08 Å². The number of carbonyl (C=O) groups is 1. The number of benzene rings is 2. The lowest BCUT2D eigenvalue weighted by Gasteiger charge is -2.14. The fourth-order valence-electron chi connectivity index (χ4n) is 2.42. The summed E-state index contributed by atoms with van der Waals surface area (Å²) >= 11 is 8.36. The number of nitro benzene ring substituents is 1. The van der Waals surface area contributed by atoms with Gasteiger partial charge in [0.15, 0.2) is 15.8 Å². The van der Waals surface area contributed by atoms with E-state index in [2.05, 4.69) is 0 Å². The minimum absolute atomic E-state index is 0.0272. The second-order valence-corrected chi connectivity index (χ2v) is 8.19. The van der Waals surface area contributed by atoms with Crippen LogP contribution in [0.15, 0.2) is 41.3 Å². The minimum Gasteiger partial charge on any atom is -0.504 e. The quantitative estimate of drug-likeness (QED) is 0.214. The van der Waals surface area contributed by atoms with Crippen LogP contribution >= 0.6 is 46.6 Å². The van der Waals surface area contributed by atoms with Crippen molar-refractivity contribution in [2.45, 2.75) is 0 Å². The van der Waals surface area contributed by atoms with Crippen molar-refractivity contribution >= 4 is 74.2 Å². The number of ether oxygens (including phenoxy) is 1. The van der Waals surface area contributed by atoms with Gasteiger partial charge in [0, 0.05) is 12.1 Å². The number of non-ortho nitro benzene ring substituents is 1. The molecular formula is C17H11IN2O5S2. The summed E-state index contributed by atoms with van der Waals surface area (Å²) < 4.78 is 5.99. The van der Waals surface area contributed by atoms with Crippen molar-refractivity contribution in [1.29, 1.82) is 0 Å². The number of hydrogen-bond acceptors (Lipinski definition) is 7. The Morgan fingerprint density at radius 3 is 2.78 bits per heavy atom. The van der Waals surface area contributed by atoms with Crippen LogP contribution in [0.1, 0.15) is 5.56 Å². The van der Waals surface area contributed by atoms with Crippen LogP contribution in [0.2, 0.25) is 0 Å². The Balaban J connectivity index is 1.97. The molecule has 0 atom stereocenters. The molecule has 1 saturated heterocycles. The van der Waals surface area contributed by atoms with Crippen LogP contribution in [-0.4, -0.2) is 27.4 Å². The van der Waals surface area contributed by atoms with E-state index in [9.17, 15) is 20.0 Å². The van der Waals surface area contributed by atoms with Crippen molar-refractivity contribution in [2.75, 3.05) is 12.0 Å². The summed E-state index contributed by atoms with van der Waals surface area (Å²) in [6.45, 7) is 0. The van der Waals surface area contributed by atoms with Crippen molar-refractivity contribution in [1.82, 2.24) is 0 Å². The molecule has 0 aliphatic carbocycles. The molecule has 1 N–H and O–H groups in total. The van der Waals surface area contributed by atoms with Gasteiger partial charge in [0.2, 0.25) is 0 Å². The summed E-state index contributed by atoms with van der Waals surface area (Å²) in [6.07, 6.45) is 1.64. The number of phenols is 1. The number of methoxy groups -OCH3 is 1. The molecule has 138 valence electrons. The molecule has 0 spiro atoms. The Morgan fingerprint density at radius 1 is 1.37 bits per heavy atom. The highest BCUT2D eigenvalue weighted by atomic mass is 127. The first-order valence-electron chi connectivity index (χ1n) is 7.40. The zero-order valence-corrected chi connectivity index (χ0v) is 17.5. The number of thiocarbonyl (C=S) groups is 1. The number of nitro groups is 1. The van der Waals surface area contributed by atoms with E-state index in [0.717, 1.165) is 11.8 Å². The van der Waals surface area contributed by atoms with E-state index in [1.807, 2.05) is 22.6 Å². The van der Waals surface area contributed by atoms with Crippen molar-refractivity contribution in [3.8, 4) is 11.5 Å². The fourth-order valence-corrected chi connectivity index (χ4v) is 4.34. The average Bonchev–Trinajstić information content (AvgIpc) is 2.91. The van der Waals surface area contributed by atoms with Gasteiger partial charge in [-0.15, -0.1) is 0 Å². The van der Waals surface area contributed by atoms with E-state index < -0.39 is 4.92 Å². The molecule has 1 heterocycles. The van der Waals surface area contributed by atoms with Crippen LogP contribution in [0, 0.1) is 13.7 Å². The molecule has 2 aromatic carbocycles. The van der Waals surface area contributed by atoms with E-state index in [-0.39, 0.29) is 21.7 Å². The number of thioether (sulfide) groups is 1. The van der Waals surface area contributed by atoms with Crippen molar-refractivity contribution in [2.24, 2.45) is 0 Å². The third kappa shape index (κ3) is 3.92. The monoisotopic (exact) mass is 514 g/mol. The summed E-state index contributed by atoms with van der Waals surface area (Å²) in [5.74, 6) is -0.0470. The van der Waals surface area contributed by atoms with E-state index >= 15 is 0 Å². The first kappa shape index (κ1) is 19.6. The molecule has 27 heavy (non-hydrogen) atoms. The summed E-state index contributed by atoms with van der Waals surface area (Å²) in [6, 6.07) is 9.06. The smallest absolute Gasteiger partial charge is 0.271 e. The second kappa shape index (κ2) is 7.82. The Kier molecular flexibility index (Phi) is 5.67. The molecule has 3 rings (SSSR count). The van der Waals surface area contributed by atoms with E-state index in [1.54, 1.807) is 24.3 Å². The number of halogens is 1. The SMILES string of the molecule is COc1cc(/C=C2\SC(=S)N(c3cccc([N+](=O)[O-])c3)C2=O)cc(I)c1O. The highest BCUT2D eigenvalue weighted by Crippen LogP contribution is 2.38. The summed E-state index contributed by atoms with van der Waals surface area (Å²) in [7, 11) is 1.44. The normalized spacial score (nSPS) is 15.5. The second-order valence-electron chi connectivity index (χ2n) is 5.35. The Morgan fingerprint density at radius 2 is 2.11 bits per heavy atom. The molecule has 0 saturated carbocycles. The summed E-state index contributed by atoms with van der Waals surface area (Å²) in [5.41, 5.74) is 0.880. The van der Waals surface area contributed by atoms with Crippen molar-refractivity contribution < 1.29 is 19.6 Å². The molecule has 0 radical (unpaired) electrons. The summed E-state index contributed by atoms with van der Waals surface area (Å²) in [4.78, 5) is 24.9.